The van der Waals surface area contributed by atoms with Crippen molar-refractivity contribution in [3.8, 4) is 6.07 Å². The molecule has 0 aromatic heterocycles. The molecule has 2 heterocycles. The average Bonchev–Trinajstić information content (AvgIpc) is 2.55. The van der Waals surface area contributed by atoms with Gasteiger partial charge in [-0.1, -0.05) is 0 Å². The number of carbonyl (C=O) groups excluding carboxylic acids is 1. The molecule has 0 radical (unpaired) electrons. The average molecular weight is 220 g/mol. The van der Waals surface area contributed by atoms with Gasteiger partial charge >= 0.3 is 0 Å². The molecule has 72 valence electrons. The lowest BCUT2D eigenvalue weighted by Gasteiger charge is -2.17. The molecule has 3 unspecified atom stereocenters. The van der Waals surface area contributed by atoms with Gasteiger partial charge in [-0.05, 0) is 0 Å². The molecule has 2 fully saturated rings. The van der Waals surface area contributed by atoms with E-state index in [4.69, 9.17) is 11.0 Å². The van der Waals surface area contributed by atoms with Gasteiger partial charge in [-0.3, -0.25) is 4.79 Å². The van der Waals surface area contributed by atoms with Crippen LogP contribution in [-0.2, 0) is 4.79 Å². The van der Waals surface area contributed by atoms with Crippen LogP contribution < -0.4 is 5.73 Å². The first-order chi connectivity index (χ1) is 5.74. The summed E-state index contributed by atoms with van der Waals surface area (Å²) in [4.78, 5) is 13.0. The van der Waals surface area contributed by atoms with Crippen LogP contribution in [0.2, 0.25) is 0 Å². The van der Waals surface area contributed by atoms with Crippen molar-refractivity contribution in [1.82, 2.24) is 4.90 Å². The molecule has 0 bridgehead atoms. The molecule has 6 heteroatoms. The zero-order valence-corrected chi connectivity index (χ0v) is 8.48. The summed E-state index contributed by atoms with van der Waals surface area (Å²) in [5, 5.41) is 8.88. The molecule has 0 spiro atoms. The van der Waals surface area contributed by atoms with Crippen molar-refractivity contribution < 1.29 is 4.79 Å². The molecule has 2 aliphatic heterocycles. The second-order valence-electron chi connectivity index (χ2n) is 3.02. The van der Waals surface area contributed by atoms with E-state index in [-0.39, 0.29) is 35.8 Å². The number of halogens is 1. The van der Waals surface area contributed by atoms with Gasteiger partial charge in [0.2, 0.25) is 5.91 Å². The summed E-state index contributed by atoms with van der Waals surface area (Å²) in [6.07, 6.45) is 0.696. The van der Waals surface area contributed by atoms with Crippen LogP contribution in [0.15, 0.2) is 0 Å². The SMILES string of the molecule is Cl.N#CC1CSC2CC(N)C(=O)N12. The number of amides is 1. The first-order valence-electron chi connectivity index (χ1n) is 3.83. The van der Waals surface area contributed by atoms with E-state index in [1.165, 1.54) is 0 Å². The number of hydrogen-bond donors (Lipinski definition) is 1. The van der Waals surface area contributed by atoms with Crippen LogP contribution in [0.4, 0.5) is 0 Å². The molecule has 2 N–H and O–H groups in total. The van der Waals surface area contributed by atoms with Crippen molar-refractivity contribution in [2.45, 2.75) is 23.9 Å². The Morgan fingerprint density at radius 1 is 1.69 bits per heavy atom. The first-order valence-corrected chi connectivity index (χ1v) is 4.88. The molecule has 2 rings (SSSR count). The van der Waals surface area contributed by atoms with Crippen LogP contribution in [0.25, 0.3) is 0 Å². The molecule has 0 saturated carbocycles. The lowest BCUT2D eigenvalue weighted by Crippen LogP contribution is -2.39. The number of carbonyl (C=O) groups is 1. The third-order valence-electron chi connectivity index (χ3n) is 2.27. The molecule has 0 aromatic rings. The van der Waals surface area contributed by atoms with Gasteiger partial charge in [0.1, 0.15) is 6.04 Å². The molecule has 3 atom stereocenters. The number of nitrogens with zero attached hydrogens (tertiary/aromatic N) is 2. The fourth-order valence-electron chi connectivity index (χ4n) is 1.65. The second kappa shape index (κ2) is 3.74. The second-order valence-corrected chi connectivity index (χ2v) is 4.23. The minimum absolute atomic E-state index is 0. The van der Waals surface area contributed by atoms with Gasteiger partial charge in [-0.15, -0.1) is 24.2 Å². The summed E-state index contributed by atoms with van der Waals surface area (Å²) in [5.41, 5.74) is 5.57. The minimum atomic E-state index is -0.376. The fraction of sp³-hybridized carbons (Fsp3) is 0.714. The van der Waals surface area contributed by atoms with E-state index in [9.17, 15) is 4.79 Å². The number of hydrogen-bond acceptors (Lipinski definition) is 4. The highest BCUT2D eigenvalue weighted by Crippen LogP contribution is 2.36. The van der Waals surface area contributed by atoms with Crippen molar-refractivity contribution in [2.75, 3.05) is 5.75 Å². The minimum Gasteiger partial charge on any atom is -0.320 e. The molecule has 13 heavy (non-hydrogen) atoms. The summed E-state index contributed by atoms with van der Waals surface area (Å²) >= 11 is 1.66. The van der Waals surface area contributed by atoms with E-state index in [1.807, 2.05) is 0 Å². The molecular formula is C7H10ClN3OS. The normalized spacial score (nSPS) is 36.8. The van der Waals surface area contributed by atoms with Gasteiger partial charge < -0.3 is 10.6 Å². The Morgan fingerprint density at radius 3 is 3.00 bits per heavy atom. The van der Waals surface area contributed by atoms with Crippen LogP contribution in [0.3, 0.4) is 0 Å². The lowest BCUT2D eigenvalue weighted by molar-refractivity contribution is -0.129. The van der Waals surface area contributed by atoms with Gasteiger partial charge in [0, 0.05) is 12.2 Å². The molecule has 2 aliphatic rings. The van der Waals surface area contributed by atoms with Gasteiger partial charge in [-0.25, -0.2) is 0 Å². The predicted octanol–water partition coefficient (Wildman–Crippen LogP) is -0.0671. The van der Waals surface area contributed by atoms with Gasteiger partial charge in [0.25, 0.3) is 0 Å². The molecule has 1 amide bonds. The first kappa shape index (κ1) is 10.6. The zero-order chi connectivity index (χ0) is 8.72. The predicted molar refractivity (Wildman–Crippen MR) is 52.3 cm³/mol. The maximum Gasteiger partial charge on any atom is 0.241 e. The maximum atomic E-state index is 11.4. The zero-order valence-electron chi connectivity index (χ0n) is 6.84. The van der Waals surface area contributed by atoms with E-state index >= 15 is 0 Å². The molecule has 2 saturated heterocycles. The molecular weight excluding hydrogens is 210 g/mol. The van der Waals surface area contributed by atoms with Crippen molar-refractivity contribution in [1.29, 1.82) is 5.26 Å². The van der Waals surface area contributed by atoms with Gasteiger partial charge in [0.05, 0.1) is 17.5 Å². The lowest BCUT2D eigenvalue weighted by atomic mass is 10.3. The van der Waals surface area contributed by atoms with Gasteiger partial charge in [-0.2, -0.15) is 5.26 Å². The van der Waals surface area contributed by atoms with Crippen molar-refractivity contribution >= 4 is 30.1 Å². The standard InChI is InChI=1S/C7H9N3OS.ClH/c8-2-4-3-12-6-1-5(9)7(11)10(4)6;/h4-6H,1,3,9H2;1H. The Kier molecular flexibility index (Phi) is 3.06. The van der Waals surface area contributed by atoms with Crippen LogP contribution in [-0.4, -0.2) is 34.0 Å². The highest BCUT2D eigenvalue weighted by Gasteiger charge is 2.46. The monoisotopic (exact) mass is 219 g/mol. The third kappa shape index (κ3) is 1.50. The summed E-state index contributed by atoms with van der Waals surface area (Å²) in [7, 11) is 0. The van der Waals surface area contributed by atoms with Crippen LogP contribution in [0.5, 0.6) is 0 Å². The third-order valence-corrected chi connectivity index (χ3v) is 3.58. The fourth-order valence-corrected chi connectivity index (χ4v) is 3.04. The Hall–Kier alpha value is -0.440. The highest BCUT2D eigenvalue weighted by atomic mass is 35.5. The van der Waals surface area contributed by atoms with E-state index in [1.54, 1.807) is 16.7 Å². The van der Waals surface area contributed by atoms with Crippen molar-refractivity contribution in [2.24, 2.45) is 5.73 Å². The summed E-state index contributed by atoms with van der Waals surface area (Å²) < 4.78 is 0. The van der Waals surface area contributed by atoms with Crippen LogP contribution >= 0.6 is 24.2 Å². The quantitative estimate of drug-likeness (QED) is 0.620. The summed E-state index contributed by atoms with van der Waals surface area (Å²) in [6, 6.07) is 1.49. The van der Waals surface area contributed by atoms with E-state index in [0.29, 0.717) is 6.42 Å². The Labute approximate surface area is 86.8 Å². The van der Waals surface area contributed by atoms with Crippen LogP contribution in [0.1, 0.15) is 6.42 Å². The molecule has 4 nitrogen and oxygen atoms in total. The number of thioether (sulfide) groups is 1. The number of rotatable bonds is 0. The number of fused-ring (bicyclic) bond motifs is 1. The topological polar surface area (TPSA) is 70.1 Å². The van der Waals surface area contributed by atoms with Crippen LogP contribution in [0, 0.1) is 11.3 Å². The highest BCUT2D eigenvalue weighted by molar-refractivity contribution is 8.00. The summed E-state index contributed by atoms with van der Waals surface area (Å²) in [6.45, 7) is 0. The van der Waals surface area contributed by atoms with Crippen molar-refractivity contribution in [3.63, 3.8) is 0 Å². The molecule has 0 aliphatic carbocycles. The van der Waals surface area contributed by atoms with E-state index in [2.05, 4.69) is 6.07 Å². The Balaban J connectivity index is 0.000000845. The smallest absolute Gasteiger partial charge is 0.241 e. The van der Waals surface area contributed by atoms with Gasteiger partial charge in [0.15, 0.2) is 0 Å². The van der Waals surface area contributed by atoms with E-state index < -0.39 is 0 Å². The molecule has 0 aromatic carbocycles. The number of nitrogens with two attached hydrogens (primary N) is 1. The Morgan fingerprint density at radius 2 is 2.38 bits per heavy atom. The van der Waals surface area contributed by atoms with Crippen molar-refractivity contribution in [3.05, 3.63) is 0 Å². The maximum absolute atomic E-state index is 11.4. The number of nitriles is 1. The van der Waals surface area contributed by atoms with E-state index in [0.717, 1.165) is 5.75 Å². The Bertz CT molecular complexity index is 267. The summed E-state index contributed by atoms with van der Waals surface area (Å²) in [5.74, 6) is 0.677. The largest absolute Gasteiger partial charge is 0.320 e.